The fraction of sp³-hybridized carbons (Fsp3) is 0.500. The van der Waals surface area contributed by atoms with Gasteiger partial charge in [-0.3, -0.25) is 0 Å². The fourth-order valence-corrected chi connectivity index (χ4v) is 0.225. The van der Waals surface area contributed by atoms with Crippen LogP contribution in [0.4, 0.5) is 0 Å². The van der Waals surface area contributed by atoms with E-state index in [9.17, 15) is 0 Å². The number of rotatable bonds is 3. The summed E-state index contributed by atoms with van der Waals surface area (Å²) in [6.07, 6.45) is 4.90. The van der Waals surface area contributed by atoms with Gasteiger partial charge in [-0.15, -0.1) is 6.42 Å². The molecular weight excluding hydrogens is 88.9 g/mol. The highest BCUT2D eigenvalue weighted by atomic mass is 16.4. The summed E-state index contributed by atoms with van der Waals surface area (Å²) in [7, 11) is 2.15. The smallest absolute Gasteiger partial charge is 0.361 e. The second-order valence-electron chi connectivity index (χ2n) is 1.06. The van der Waals surface area contributed by atoms with Gasteiger partial charge in [0.15, 0.2) is 0 Å². The van der Waals surface area contributed by atoms with Crippen molar-refractivity contribution in [1.29, 1.82) is 0 Å². The Morgan fingerprint density at radius 3 is 3.14 bits per heavy atom. The average Bonchev–Trinajstić information content (AvgIpc) is 1.69. The van der Waals surface area contributed by atoms with Crippen LogP contribution in [0.1, 0.15) is 0 Å². The average molecular weight is 96.9 g/mol. The molecule has 0 amide bonds. The molecule has 0 aliphatic rings. The predicted molar refractivity (Wildman–Crippen MR) is 31.0 cm³/mol. The van der Waals surface area contributed by atoms with Crippen LogP contribution in [0, 0.1) is 12.3 Å². The Kier molecular flexibility index (Phi) is 5.18. The van der Waals surface area contributed by atoms with Crippen LogP contribution < -0.4 is 5.23 Å². The van der Waals surface area contributed by atoms with Crippen LogP contribution in [0.25, 0.3) is 0 Å². The third-order valence-corrected chi connectivity index (χ3v) is 0.473. The molecule has 3 heteroatoms. The molecule has 2 nitrogen and oxygen atoms in total. The topological polar surface area (TPSA) is 21.3 Å². The Balaban J connectivity index is 2.60. The maximum Gasteiger partial charge on any atom is 0.361 e. The van der Waals surface area contributed by atoms with E-state index in [1.807, 2.05) is 0 Å². The zero-order valence-electron chi connectivity index (χ0n) is 4.40. The molecule has 0 aliphatic heterocycles. The van der Waals surface area contributed by atoms with Gasteiger partial charge < -0.3 is 9.88 Å². The van der Waals surface area contributed by atoms with Crippen molar-refractivity contribution >= 4 is 7.62 Å². The largest absolute Gasteiger partial charge is 0.427 e. The first kappa shape index (κ1) is 6.54. The fourth-order valence-electron chi connectivity index (χ4n) is 0.225. The van der Waals surface area contributed by atoms with Gasteiger partial charge in [0.1, 0.15) is 0 Å². The molecule has 0 fully saturated rings. The highest BCUT2D eigenvalue weighted by Crippen LogP contribution is 1.51. The van der Waals surface area contributed by atoms with Crippen molar-refractivity contribution in [2.24, 2.45) is 0 Å². The minimum atomic E-state index is 0.532. The molecule has 0 radical (unpaired) electrons. The van der Waals surface area contributed by atoms with E-state index in [2.05, 4.69) is 15.8 Å². The summed E-state index contributed by atoms with van der Waals surface area (Å²) < 4.78 is 4.64. The lowest BCUT2D eigenvalue weighted by atomic mass is 10.3. The number of nitrogens with one attached hydrogen (secondary N) is 1. The van der Waals surface area contributed by atoms with Crippen molar-refractivity contribution in [3.05, 3.63) is 0 Å². The first-order chi connectivity index (χ1) is 3.41. The van der Waals surface area contributed by atoms with Gasteiger partial charge in [-0.1, -0.05) is 5.92 Å². The highest BCUT2D eigenvalue weighted by molar-refractivity contribution is 6.23. The molecule has 0 saturated heterocycles. The van der Waals surface area contributed by atoms with E-state index in [1.165, 1.54) is 0 Å². The molecule has 1 N–H and O–H groups in total. The molecule has 0 heterocycles. The van der Waals surface area contributed by atoms with Crippen molar-refractivity contribution in [2.45, 2.75) is 0 Å². The maximum atomic E-state index is 4.90. The van der Waals surface area contributed by atoms with Gasteiger partial charge in [0.25, 0.3) is 0 Å². The lowest BCUT2D eigenvalue weighted by Crippen LogP contribution is -2.20. The monoisotopic (exact) mass is 97.1 g/mol. The first-order valence-electron chi connectivity index (χ1n) is 2.05. The minimum Gasteiger partial charge on any atom is -0.427 e. The Labute approximate surface area is 44.5 Å². The number of hydrogen-bond acceptors (Lipinski definition) is 2. The summed E-state index contributed by atoms with van der Waals surface area (Å²) in [6.45, 7) is 0.577. The van der Waals surface area contributed by atoms with E-state index < -0.39 is 0 Å². The van der Waals surface area contributed by atoms with E-state index in [0.717, 1.165) is 0 Å². The predicted octanol–water partition coefficient (Wildman–Crippen LogP) is -0.878. The molecular formula is C4H8BNO. The number of hydrogen-bond donors (Lipinski definition) is 1. The van der Waals surface area contributed by atoms with Crippen LogP contribution in [0.15, 0.2) is 0 Å². The second-order valence-corrected chi connectivity index (χ2v) is 1.06. The summed E-state index contributed by atoms with van der Waals surface area (Å²) >= 11 is 0. The van der Waals surface area contributed by atoms with Crippen molar-refractivity contribution in [3.8, 4) is 12.3 Å². The van der Waals surface area contributed by atoms with Gasteiger partial charge in [-0.25, -0.2) is 0 Å². The van der Waals surface area contributed by atoms with Crippen LogP contribution in [0.3, 0.4) is 0 Å². The number of terminal acetylenes is 1. The van der Waals surface area contributed by atoms with Gasteiger partial charge in [-0.2, -0.15) is 0 Å². The third kappa shape index (κ3) is 5.54. The zero-order chi connectivity index (χ0) is 5.54. The van der Waals surface area contributed by atoms with E-state index in [1.54, 1.807) is 7.11 Å². The molecule has 0 atom stereocenters. The van der Waals surface area contributed by atoms with Gasteiger partial charge in [0.2, 0.25) is 0 Å². The van der Waals surface area contributed by atoms with Crippen LogP contribution in [0.5, 0.6) is 0 Å². The maximum absolute atomic E-state index is 4.90. The summed E-state index contributed by atoms with van der Waals surface area (Å²) in [5, 5.41) is 2.83. The summed E-state index contributed by atoms with van der Waals surface area (Å²) in [6, 6.07) is 0. The van der Waals surface area contributed by atoms with E-state index in [0.29, 0.717) is 14.2 Å². The van der Waals surface area contributed by atoms with Gasteiger partial charge in [0, 0.05) is 13.7 Å². The molecule has 0 spiro atoms. The van der Waals surface area contributed by atoms with Crippen LogP contribution >= 0.6 is 0 Å². The molecule has 0 aromatic rings. The van der Waals surface area contributed by atoms with Crippen molar-refractivity contribution in [3.63, 3.8) is 0 Å². The Hall–Kier alpha value is -0.455. The summed E-state index contributed by atoms with van der Waals surface area (Å²) in [5.41, 5.74) is 0. The normalized spacial score (nSPS) is 7.43. The van der Waals surface area contributed by atoms with Crippen molar-refractivity contribution in [2.75, 3.05) is 13.7 Å². The molecule has 0 aromatic carbocycles. The van der Waals surface area contributed by atoms with E-state index in [4.69, 9.17) is 6.42 Å². The van der Waals surface area contributed by atoms with Crippen molar-refractivity contribution < 1.29 is 4.65 Å². The van der Waals surface area contributed by atoms with Crippen molar-refractivity contribution in [1.82, 2.24) is 5.23 Å². The quantitative estimate of drug-likeness (QED) is 0.280. The van der Waals surface area contributed by atoms with Gasteiger partial charge >= 0.3 is 7.62 Å². The molecule has 0 saturated carbocycles. The van der Waals surface area contributed by atoms with Gasteiger partial charge in [-0.05, 0) is 0 Å². The lowest BCUT2D eigenvalue weighted by Gasteiger charge is -1.90. The molecule has 7 heavy (non-hydrogen) atoms. The molecule has 0 aliphatic carbocycles. The lowest BCUT2D eigenvalue weighted by molar-refractivity contribution is 0.433. The zero-order valence-corrected chi connectivity index (χ0v) is 4.40. The third-order valence-electron chi connectivity index (χ3n) is 0.473. The summed E-state index contributed by atoms with van der Waals surface area (Å²) in [5.74, 6) is 2.41. The SMILES string of the molecule is C#CCNBOC. The van der Waals surface area contributed by atoms with Crippen LogP contribution in [0.2, 0.25) is 0 Å². The Morgan fingerprint density at radius 1 is 2.00 bits per heavy atom. The van der Waals surface area contributed by atoms with Crippen LogP contribution in [-0.4, -0.2) is 21.3 Å². The summed E-state index contributed by atoms with van der Waals surface area (Å²) in [4.78, 5) is 0. The Bertz CT molecular complexity index is 68.6. The molecule has 0 unspecified atom stereocenters. The molecule has 0 bridgehead atoms. The highest BCUT2D eigenvalue weighted by Gasteiger charge is 1.78. The van der Waals surface area contributed by atoms with Gasteiger partial charge in [0.05, 0.1) is 0 Å². The standard InChI is InChI=1S/C4H8BNO/c1-3-4-6-5-7-2/h1,5-6H,4H2,2H3. The second kappa shape index (κ2) is 5.54. The molecule has 38 valence electrons. The first-order valence-corrected chi connectivity index (χ1v) is 2.05. The van der Waals surface area contributed by atoms with Crippen LogP contribution in [-0.2, 0) is 4.65 Å². The van der Waals surface area contributed by atoms with E-state index >= 15 is 0 Å². The molecule has 0 aromatic heterocycles. The minimum absolute atomic E-state index is 0.532. The Morgan fingerprint density at radius 2 is 2.71 bits per heavy atom. The van der Waals surface area contributed by atoms with E-state index in [-0.39, 0.29) is 0 Å². The molecule has 0 rings (SSSR count).